The van der Waals surface area contributed by atoms with Crippen LogP contribution in [-0.4, -0.2) is 42.5 Å². The monoisotopic (exact) mass is 370 g/mol. The van der Waals surface area contributed by atoms with Crippen molar-refractivity contribution in [1.82, 2.24) is 10.2 Å². The maximum atomic E-state index is 13.0. The third-order valence-electron chi connectivity index (χ3n) is 4.64. The Morgan fingerprint density at radius 1 is 1.04 bits per heavy atom. The van der Waals surface area contributed by atoms with E-state index in [-0.39, 0.29) is 23.7 Å². The third kappa shape index (κ3) is 4.84. The molecule has 0 unspecified atom stereocenters. The van der Waals surface area contributed by atoms with Gasteiger partial charge in [-0.15, -0.1) is 0 Å². The molecule has 0 bridgehead atoms. The van der Waals surface area contributed by atoms with Crippen LogP contribution in [0.15, 0.2) is 48.5 Å². The van der Waals surface area contributed by atoms with E-state index in [9.17, 15) is 14.0 Å². The van der Waals surface area contributed by atoms with Crippen LogP contribution in [0.2, 0.25) is 0 Å². The topological polar surface area (TPSA) is 58.6 Å². The summed E-state index contributed by atoms with van der Waals surface area (Å²) in [5.41, 5.74) is 1.07. The van der Waals surface area contributed by atoms with E-state index in [1.807, 2.05) is 6.92 Å². The molecule has 1 saturated heterocycles. The largest absolute Gasteiger partial charge is 0.494 e. The molecule has 0 atom stereocenters. The number of rotatable bonds is 5. The van der Waals surface area contributed by atoms with Crippen molar-refractivity contribution in [3.63, 3.8) is 0 Å². The van der Waals surface area contributed by atoms with Gasteiger partial charge in [-0.1, -0.05) is 0 Å². The Labute approximate surface area is 158 Å². The lowest BCUT2D eigenvalue weighted by molar-refractivity contribution is 0.0698. The summed E-state index contributed by atoms with van der Waals surface area (Å²) in [7, 11) is 0. The Balaban J connectivity index is 1.51. The fourth-order valence-electron chi connectivity index (χ4n) is 3.14. The van der Waals surface area contributed by atoms with Gasteiger partial charge in [0.15, 0.2) is 0 Å². The number of nitrogens with one attached hydrogen (secondary N) is 1. The summed E-state index contributed by atoms with van der Waals surface area (Å²) in [4.78, 5) is 26.6. The average Bonchev–Trinajstić information content (AvgIpc) is 2.69. The van der Waals surface area contributed by atoms with Gasteiger partial charge in [0.1, 0.15) is 11.6 Å². The minimum Gasteiger partial charge on any atom is -0.494 e. The molecule has 1 aliphatic heterocycles. The van der Waals surface area contributed by atoms with E-state index in [1.165, 1.54) is 24.3 Å². The Kier molecular flexibility index (Phi) is 6.06. The highest BCUT2D eigenvalue weighted by Crippen LogP contribution is 2.17. The number of ether oxygens (including phenoxy) is 1. The molecule has 1 heterocycles. The van der Waals surface area contributed by atoms with Crippen molar-refractivity contribution in [2.45, 2.75) is 25.8 Å². The summed E-state index contributed by atoms with van der Waals surface area (Å²) in [6, 6.07) is 12.6. The fraction of sp³-hybridized carbons (Fsp3) is 0.333. The van der Waals surface area contributed by atoms with E-state index in [1.54, 1.807) is 29.2 Å². The average molecular weight is 370 g/mol. The molecule has 0 radical (unpaired) electrons. The molecule has 5 nitrogen and oxygen atoms in total. The van der Waals surface area contributed by atoms with Crippen molar-refractivity contribution in [3.8, 4) is 5.75 Å². The molecule has 0 saturated carbocycles. The van der Waals surface area contributed by atoms with E-state index >= 15 is 0 Å². The van der Waals surface area contributed by atoms with Crippen LogP contribution in [0.5, 0.6) is 5.75 Å². The molecular formula is C21H23FN2O3. The fourth-order valence-corrected chi connectivity index (χ4v) is 3.14. The summed E-state index contributed by atoms with van der Waals surface area (Å²) in [6.07, 6.45) is 1.38. The number of hydrogen-bond donors (Lipinski definition) is 1. The summed E-state index contributed by atoms with van der Waals surface area (Å²) in [5.74, 6) is 0.150. The number of carbonyl (C=O) groups is 2. The van der Waals surface area contributed by atoms with Gasteiger partial charge in [-0.25, -0.2) is 4.39 Å². The van der Waals surface area contributed by atoms with Gasteiger partial charge in [-0.2, -0.15) is 0 Å². The number of amides is 2. The van der Waals surface area contributed by atoms with Crippen molar-refractivity contribution < 1.29 is 18.7 Å². The molecule has 2 aromatic carbocycles. The van der Waals surface area contributed by atoms with Gasteiger partial charge in [0.25, 0.3) is 11.8 Å². The first kappa shape index (κ1) is 18.9. The lowest BCUT2D eigenvalue weighted by Crippen LogP contribution is -2.46. The number of nitrogens with zero attached hydrogens (tertiary/aromatic N) is 1. The number of hydrogen-bond acceptors (Lipinski definition) is 3. The molecule has 27 heavy (non-hydrogen) atoms. The highest BCUT2D eigenvalue weighted by atomic mass is 19.1. The molecule has 142 valence electrons. The van der Waals surface area contributed by atoms with Crippen LogP contribution in [0.25, 0.3) is 0 Å². The van der Waals surface area contributed by atoms with Crippen LogP contribution in [0, 0.1) is 5.82 Å². The summed E-state index contributed by atoms with van der Waals surface area (Å²) in [5, 5.41) is 2.96. The molecule has 0 aromatic heterocycles. The normalized spacial score (nSPS) is 14.7. The maximum Gasteiger partial charge on any atom is 0.253 e. The zero-order chi connectivity index (χ0) is 19.2. The predicted octanol–water partition coefficient (Wildman–Crippen LogP) is 3.26. The van der Waals surface area contributed by atoms with Crippen molar-refractivity contribution in [2.75, 3.05) is 19.7 Å². The number of benzene rings is 2. The molecule has 0 aliphatic carbocycles. The standard InChI is InChI=1S/C21H23FN2O3/c1-2-27-19-9-5-16(6-10-19)21(26)24-13-11-18(12-14-24)23-20(25)15-3-7-17(22)8-4-15/h3-10,18H,2,11-14H2,1H3,(H,23,25). The maximum absolute atomic E-state index is 13.0. The zero-order valence-electron chi connectivity index (χ0n) is 15.3. The lowest BCUT2D eigenvalue weighted by Gasteiger charge is -2.32. The minimum absolute atomic E-state index is 0.00642. The predicted molar refractivity (Wildman–Crippen MR) is 100 cm³/mol. The SMILES string of the molecule is CCOc1ccc(C(=O)N2CCC(NC(=O)c3ccc(F)cc3)CC2)cc1. The molecule has 3 rings (SSSR count). The number of likely N-dealkylation sites (tertiary alicyclic amines) is 1. The first-order valence-corrected chi connectivity index (χ1v) is 9.15. The Bertz CT molecular complexity index is 782. The number of piperidine rings is 1. The highest BCUT2D eigenvalue weighted by molar-refractivity contribution is 5.95. The Hall–Kier alpha value is -2.89. The van der Waals surface area contributed by atoms with Gasteiger partial charge >= 0.3 is 0 Å². The zero-order valence-corrected chi connectivity index (χ0v) is 15.3. The van der Waals surface area contributed by atoms with Gasteiger partial charge < -0.3 is 15.0 Å². The van der Waals surface area contributed by atoms with E-state index in [0.29, 0.717) is 43.7 Å². The summed E-state index contributed by atoms with van der Waals surface area (Å²) >= 11 is 0. The molecular weight excluding hydrogens is 347 g/mol. The van der Waals surface area contributed by atoms with Gasteiger partial charge in [-0.3, -0.25) is 9.59 Å². The second-order valence-corrected chi connectivity index (χ2v) is 6.50. The molecule has 1 N–H and O–H groups in total. The van der Waals surface area contributed by atoms with Crippen LogP contribution in [0.3, 0.4) is 0 Å². The van der Waals surface area contributed by atoms with Crippen LogP contribution in [0.1, 0.15) is 40.5 Å². The minimum atomic E-state index is -0.368. The van der Waals surface area contributed by atoms with Crippen LogP contribution < -0.4 is 10.1 Å². The Morgan fingerprint density at radius 3 is 2.22 bits per heavy atom. The van der Waals surface area contributed by atoms with E-state index in [0.717, 1.165) is 5.75 Å². The third-order valence-corrected chi connectivity index (χ3v) is 4.64. The van der Waals surface area contributed by atoms with Crippen molar-refractivity contribution in [1.29, 1.82) is 0 Å². The molecule has 0 spiro atoms. The van der Waals surface area contributed by atoms with Gasteiger partial charge in [0.05, 0.1) is 6.61 Å². The molecule has 1 fully saturated rings. The quantitative estimate of drug-likeness (QED) is 0.879. The van der Waals surface area contributed by atoms with Crippen LogP contribution >= 0.6 is 0 Å². The van der Waals surface area contributed by atoms with Crippen LogP contribution in [-0.2, 0) is 0 Å². The Morgan fingerprint density at radius 2 is 1.63 bits per heavy atom. The lowest BCUT2D eigenvalue weighted by atomic mass is 10.0. The van der Waals surface area contributed by atoms with Gasteiger partial charge in [0.2, 0.25) is 0 Å². The highest BCUT2D eigenvalue weighted by Gasteiger charge is 2.25. The second kappa shape index (κ2) is 8.66. The van der Waals surface area contributed by atoms with Crippen molar-refractivity contribution >= 4 is 11.8 Å². The van der Waals surface area contributed by atoms with Gasteiger partial charge in [-0.05, 0) is 68.3 Å². The smallest absolute Gasteiger partial charge is 0.253 e. The van der Waals surface area contributed by atoms with Crippen LogP contribution in [0.4, 0.5) is 4.39 Å². The number of halogens is 1. The van der Waals surface area contributed by atoms with E-state index in [4.69, 9.17) is 4.74 Å². The van der Waals surface area contributed by atoms with Crippen molar-refractivity contribution in [2.24, 2.45) is 0 Å². The van der Waals surface area contributed by atoms with Gasteiger partial charge in [0, 0.05) is 30.3 Å². The molecule has 2 amide bonds. The second-order valence-electron chi connectivity index (χ2n) is 6.50. The molecule has 2 aromatic rings. The first-order chi connectivity index (χ1) is 13.1. The molecule has 1 aliphatic rings. The summed E-state index contributed by atoms with van der Waals surface area (Å²) < 4.78 is 18.3. The first-order valence-electron chi connectivity index (χ1n) is 9.15. The number of carbonyl (C=O) groups excluding carboxylic acids is 2. The van der Waals surface area contributed by atoms with Crippen molar-refractivity contribution in [3.05, 3.63) is 65.5 Å². The summed E-state index contributed by atoms with van der Waals surface area (Å²) in [6.45, 7) is 3.67. The van der Waals surface area contributed by atoms with E-state index < -0.39 is 0 Å². The van der Waals surface area contributed by atoms with E-state index in [2.05, 4.69) is 5.32 Å². The molecule has 6 heteroatoms.